The molecule has 0 saturated heterocycles. The van der Waals surface area contributed by atoms with E-state index in [1.807, 2.05) is 43.5 Å². The van der Waals surface area contributed by atoms with Crippen molar-refractivity contribution in [3.8, 4) is 0 Å². The summed E-state index contributed by atoms with van der Waals surface area (Å²) < 4.78 is 0. The molecule has 5 heteroatoms. The average Bonchev–Trinajstić information content (AvgIpc) is 2.49. The molecule has 22 heavy (non-hydrogen) atoms. The van der Waals surface area contributed by atoms with Crippen molar-refractivity contribution in [2.24, 2.45) is 5.73 Å². The first-order valence-corrected chi connectivity index (χ1v) is 8.59. The lowest BCUT2D eigenvalue weighted by Gasteiger charge is -2.16. The van der Waals surface area contributed by atoms with Crippen LogP contribution in [0.3, 0.4) is 0 Å². The molecule has 3 N–H and O–H groups in total. The largest absolute Gasteiger partial charge is 0.366 e. The first-order valence-electron chi connectivity index (χ1n) is 6.98. The Morgan fingerprint density at radius 1 is 1.27 bits per heavy atom. The Kier molecular flexibility index (Phi) is 5.75. The minimum atomic E-state index is -0.467. The van der Waals surface area contributed by atoms with Gasteiger partial charge < -0.3 is 11.1 Å². The number of amides is 1. The molecule has 0 fully saturated rings. The zero-order valence-electron chi connectivity index (χ0n) is 12.7. The van der Waals surface area contributed by atoms with Gasteiger partial charge in [-0.3, -0.25) is 4.79 Å². The molecule has 1 amide bonds. The monoisotopic (exact) mass is 334 g/mol. The molecule has 2 rings (SSSR count). The molecule has 0 aromatic heterocycles. The Hall–Kier alpha value is -1.65. The molecule has 0 saturated carbocycles. The van der Waals surface area contributed by atoms with Gasteiger partial charge in [0.05, 0.1) is 17.0 Å². The van der Waals surface area contributed by atoms with Crippen molar-refractivity contribution in [1.82, 2.24) is 0 Å². The molecule has 1 aromatic rings. The maximum Gasteiger partial charge on any atom is 0.250 e. The number of benzene rings is 1. The summed E-state index contributed by atoms with van der Waals surface area (Å²) in [5.74, 6) is -0.467. The minimum Gasteiger partial charge on any atom is -0.366 e. The number of primary amides is 1. The highest BCUT2D eigenvalue weighted by atomic mass is 35.5. The number of para-hydroxylation sites is 1. The van der Waals surface area contributed by atoms with Gasteiger partial charge in [-0.15, -0.1) is 11.8 Å². The Morgan fingerprint density at radius 2 is 2.00 bits per heavy atom. The standard InChI is InChI=1S/C17H19ClN2OS/c1-11-7-8-12(18)10-15(13(9-11)17(19)21)20-14-5-3-4-6-16(14)22-2/h3-6,9-10,20H,7-8H2,1-2H3,(H2,19,21). The minimum absolute atomic E-state index is 0.450. The fraction of sp³-hybridized carbons (Fsp3) is 0.235. The van der Waals surface area contributed by atoms with Crippen LogP contribution in [-0.2, 0) is 4.79 Å². The molecule has 0 unspecified atom stereocenters. The fourth-order valence-electron chi connectivity index (χ4n) is 2.22. The van der Waals surface area contributed by atoms with Gasteiger partial charge in [0, 0.05) is 9.93 Å². The SMILES string of the molecule is CSc1ccccc1NC1=C(C(N)=O)C=C(C)CCC(Cl)=C1. The Labute approximate surface area is 140 Å². The molecule has 1 aromatic carbocycles. The normalized spacial score (nSPS) is 15.6. The van der Waals surface area contributed by atoms with E-state index in [-0.39, 0.29) is 0 Å². The second kappa shape index (κ2) is 7.56. The van der Waals surface area contributed by atoms with Gasteiger partial charge >= 0.3 is 0 Å². The van der Waals surface area contributed by atoms with E-state index in [1.54, 1.807) is 17.8 Å². The molecule has 0 bridgehead atoms. The van der Waals surface area contributed by atoms with Gasteiger partial charge in [0.15, 0.2) is 0 Å². The van der Waals surface area contributed by atoms with Crippen LogP contribution in [0.4, 0.5) is 5.69 Å². The second-order valence-corrected chi connectivity index (χ2v) is 6.43. The maximum absolute atomic E-state index is 11.8. The highest BCUT2D eigenvalue weighted by Crippen LogP contribution is 2.29. The van der Waals surface area contributed by atoms with Crippen molar-refractivity contribution in [3.63, 3.8) is 0 Å². The lowest BCUT2D eigenvalue weighted by molar-refractivity contribution is -0.114. The molecular weight excluding hydrogens is 316 g/mol. The van der Waals surface area contributed by atoms with Crippen LogP contribution < -0.4 is 11.1 Å². The third-order valence-electron chi connectivity index (χ3n) is 3.38. The van der Waals surface area contributed by atoms with E-state index in [2.05, 4.69) is 5.32 Å². The number of nitrogens with one attached hydrogen (secondary N) is 1. The average molecular weight is 335 g/mol. The van der Waals surface area contributed by atoms with E-state index in [4.69, 9.17) is 17.3 Å². The van der Waals surface area contributed by atoms with Crippen molar-refractivity contribution in [1.29, 1.82) is 0 Å². The molecular formula is C17H19ClN2OS. The van der Waals surface area contributed by atoms with Crippen LogP contribution >= 0.6 is 23.4 Å². The van der Waals surface area contributed by atoms with E-state index in [0.717, 1.165) is 29.0 Å². The summed E-state index contributed by atoms with van der Waals surface area (Å²) in [5, 5.41) is 4.01. The van der Waals surface area contributed by atoms with Gasteiger partial charge in [-0.1, -0.05) is 29.3 Å². The summed E-state index contributed by atoms with van der Waals surface area (Å²) in [6, 6.07) is 7.91. The molecule has 3 nitrogen and oxygen atoms in total. The molecule has 1 aliphatic rings. The fourth-order valence-corrected chi connectivity index (χ4v) is 2.98. The van der Waals surface area contributed by atoms with Gasteiger partial charge in [-0.2, -0.15) is 0 Å². The summed E-state index contributed by atoms with van der Waals surface area (Å²) in [5.41, 5.74) is 8.65. The highest BCUT2D eigenvalue weighted by Gasteiger charge is 2.14. The topological polar surface area (TPSA) is 55.1 Å². The number of thioether (sulfide) groups is 1. The summed E-state index contributed by atoms with van der Waals surface area (Å²) in [4.78, 5) is 12.9. The Morgan fingerprint density at radius 3 is 2.68 bits per heavy atom. The van der Waals surface area contributed by atoms with E-state index in [9.17, 15) is 4.79 Å². The number of anilines is 1. The molecule has 0 radical (unpaired) electrons. The lowest BCUT2D eigenvalue weighted by Crippen LogP contribution is -2.18. The van der Waals surface area contributed by atoms with E-state index in [1.165, 1.54) is 0 Å². The molecule has 116 valence electrons. The zero-order valence-corrected chi connectivity index (χ0v) is 14.2. The smallest absolute Gasteiger partial charge is 0.250 e. The second-order valence-electron chi connectivity index (χ2n) is 5.10. The Bertz CT molecular complexity index is 677. The highest BCUT2D eigenvalue weighted by molar-refractivity contribution is 7.98. The molecule has 0 spiro atoms. The third-order valence-corrected chi connectivity index (χ3v) is 4.48. The van der Waals surface area contributed by atoms with Crippen LogP contribution in [0.1, 0.15) is 19.8 Å². The lowest BCUT2D eigenvalue weighted by atomic mass is 10.0. The number of nitrogens with two attached hydrogens (primary N) is 1. The van der Waals surface area contributed by atoms with E-state index < -0.39 is 5.91 Å². The number of carbonyl (C=O) groups is 1. The summed E-state index contributed by atoms with van der Waals surface area (Å²) in [6.07, 6.45) is 7.22. The molecule has 0 heterocycles. The van der Waals surface area contributed by atoms with Gasteiger partial charge in [0.2, 0.25) is 0 Å². The summed E-state index contributed by atoms with van der Waals surface area (Å²) in [6.45, 7) is 1.98. The first kappa shape index (κ1) is 16.7. The zero-order chi connectivity index (χ0) is 16.1. The number of hydrogen-bond donors (Lipinski definition) is 2. The van der Waals surface area contributed by atoms with Gasteiger partial charge in [-0.05, 0) is 50.3 Å². The number of allylic oxidation sites excluding steroid dienone is 3. The summed E-state index contributed by atoms with van der Waals surface area (Å²) in [7, 11) is 0. The maximum atomic E-state index is 11.8. The van der Waals surface area contributed by atoms with Crippen LogP contribution in [0.25, 0.3) is 0 Å². The van der Waals surface area contributed by atoms with Crippen LogP contribution in [0, 0.1) is 0 Å². The number of hydrogen-bond acceptors (Lipinski definition) is 3. The van der Waals surface area contributed by atoms with Gasteiger partial charge in [0.1, 0.15) is 0 Å². The van der Waals surface area contributed by atoms with Crippen molar-refractivity contribution in [2.75, 3.05) is 11.6 Å². The predicted molar refractivity (Wildman–Crippen MR) is 95.0 cm³/mol. The predicted octanol–water partition coefficient (Wildman–Crippen LogP) is 4.42. The van der Waals surface area contributed by atoms with Crippen LogP contribution in [0.15, 0.2) is 63.2 Å². The van der Waals surface area contributed by atoms with Crippen LogP contribution in [0.5, 0.6) is 0 Å². The number of rotatable bonds is 4. The molecule has 1 aliphatic carbocycles. The molecule has 0 atom stereocenters. The van der Waals surface area contributed by atoms with Crippen molar-refractivity contribution >= 4 is 35.0 Å². The summed E-state index contributed by atoms with van der Waals surface area (Å²) >= 11 is 7.90. The quantitative estimate of drug-likeness (QED) is 0.801. The van der Waals surface area contributed by atoms with E-state index >= 15 is 0 Å². The van der Waals surface area contributed by atoms with Crippen molar-refractivity contribution in [3.05, 3.63) is 58.3 Å². The van der Waals surface area contributed by atoms with Gasteiger partial charge in [-0.25, -0.2) is 0 Å². The van der Waals surface area contributed by atoms with Crippen LogP contribution in [0.2, 0.25) is 0 Å². The number of carbonyl (C=O) groups excluding carboxylic acids is 1. The van der Waals surface area contributed by atoms with Crippen LogP contribution in [-0.4, -0.2) is 12.2 Å². The third kappa shape index (κ3) is 4.18. The number of halogens is 1. The van der Waals surface area contributed by atoms with Gasteiger partial charge in [0.25, 0.3) is 5.91 Å². The first-order chi connectivity index (χ1) is 10.5. The van der Waals surface area contributed by atoms with Crippen molar-refractivity contribution in [2.45, 2.75) is 24.7 Å². The van der Waals surface area contributed by atoms with Crippen molar-refractivity contribution < 1.29 is 4.79 Å². The molecule has 0 aliphatic heterocycles. The van der Waals surface area contributed by atoms with E-state index in [0.29, 0.717) is 16.3 Å². The Balaban J connectivity index is 2.52.